The van der Waals surface area contributed by atoms with Gasteiger partial charge in [-0.25, -0.2) is 14.6 Å². The van der Waals surface area contributed by atoms with Crippen molar-refractivity contribution in [2.75, 3.05) is 57.9 Å². The molecule has 0 spiro atoms. The van der Waals surface area contributed by atoms with Crippen molar-refractivity contribution in [2.24, 2.45) is 0 Å². The number of nitrogens with one attached hydrogen (secondary N) is 4. The van der Waals surface area contributed by atoms with Crippen molar-refractivity contribution in [1.29, 1.82) is 0 Å². The molecule has 12 nitrogen and oxygen atoms in total. The van der Waals surface area contributed by atoms with E-state index in [0.717, 1.165) is 44.2 Å². The number of nitrogen functional groups attached to an aromatic ring is 1. The first-order valence-corrected chi connectivity index (χ1v) is 18.0. The SMILES string of the molecule is CN(C)CCNC(=O)c1ccc2[nH]c([C@@H](Cc3cc(Br)c(N)c(Br)c3)NC(=O)N3CCC(N4CCc5ccccc5NC4=O)CC3)nc2c1. The van der Waals surface area contributed by atoms with Crippen LogP contribution in [0.2, 0.25) is 0 Å². The fourth-order valence-electron chi connectivity index (χ4n) is 6.39. The maximum atomic E-state index is 13.8. The third-order valence-corrected chi connectivity index (χ3v) is 10.5. The number of aromatic nitrogens is 2. The van der Waals surface area contributed by atoms with Gasteiger partial charge in [-0.3, -0.25) is 4.79 Å². The number of hydrogen-bond acceptors (Lipinski definition) is 6. The number of fused-ring (bicyclic) bond motifs is 2. The summed E-state index contributed by atoms with van der Waals surface area (Å²) < 4.78 is 1.50. The highest BCUT2D eigenvalue weighted by Crippen LogP contribution is 2.32. The number of carbonyl (C=O) groups is 3. The molecule has 6 N–H and O–H groups in total. The largest absolute Gasteiger partial charge is 0.397 e. The summed E-state index contributed by atoms with van der Waals surface area (Å²) in [7, 11) is 3.91. The monoisotopic (exact) mass is 793 g/mol. The van der Waals surface area contributed by atoms with Crippen LogP contribution in [0.5, 0.6) is 0 Å². The number of carbonyl (C=O) groups excluding carboxylic acids is 3. The van der Waals surface area contributed by atoms with E-state index in [2.05, 4.69) is 58.9 Å². The van der Waals surface area contributed by atoms with Crippen LogP contribution in [0.3, 0.4) is 0 Å². The van der Waals surface area contributed by atoms with Gasteiger partial charge in [-0.05, 0) is 113 Å². The van der Waals surface area contributed by atoms with Crippen LogP contribution in [0.4, 0.5) is 21.0 Å². The number of para-hydroxylation sites is 1. The van der Waals surface area contributed by atoms with E-state index in [4.69, 9.17) is 10.7 Å². The van der Waals surface area contributed by atoms with Gasteiger partial charge in [-0.15, -0.1) is 0 Å². The molecule has 0 radical (unpaired) electrons. The number of rotatable bonds is 9. The zero-order valence-electron chi connectivity index (χ0n) is 27.6. The molecular formula is C35H41Br2N9O3. The van der Waals surface area contributed by atoms with Gasteiger partial charge >= 0.3 is 12.1 Å². The van der Waals surface area contributed by atoms with Crippen molar-refractivity contribution in [3.8, 4) is 0 Å². The third-order valence-electron chi connectivity index (χ3n) is 9.15. The number of aromatic amines is 1. The highest BCUT2D eigenvalue weighted by atomic mass is 79.9. The lowest BCUT2D eigenvalue weighted by atomic mass is 10.0. The molecule has 2 aliphatic rings. The van der Waals surface area contributed by atoms with Crippen molar-refractivity contribution in [2.45, 2.75) is 37.8 Å². The van der Waals surface area contributed by atoms with Gasteiger partial charge in [0.05, 0.1) is 22.8 Å². The van der Waals surface area contributed by atoms with Crippen LogP contribution in [-0.4, -0.2) is 95.5 Å². The number of benzene rings is 3. The molecular weight excluding hydrogens is 754 g/mol. The molecule has 0 aliphatic carbocycles. The lowest BCUT2D eigenvalue weighted by Gasteiger charge is -2.38. The predicted molar refractivity (Wildman–Crippen MR) is 199 cm³/mol. The summed E-state index contributed by atoms with van der Waals surface area (Å²) in [6, 6.07) is 16.4. The quantitative estimate of drug-likeness (QED) is 0.141. The topological polar surface area (TPSA) is 152 Å². The Morgan fingerprint density at radius 3 is 2.53 bits per heavy atom. The Balaban J connectivity index is 1.16. The summed E-state index contributed by atoms with van der Waals surface area (Å²) in [5, 5.41) is 9.23. The van der Waals surface area contributed by atoms with Crippen LogP contribution in [0.25, 0.3) is 11.0 Å². The Bertz CT molecular complexity index is 1830. The number of likely N-dealkylation sites (N-methyl/N-ethyl adjacent to an activating group) is 1. The second-order valence-electron chi connectivity index (χ2n) is 12.8. The Morgan fingerprint density at radius 1 is 1.06 bits per heavy atom. The first-order valence-electron chi connectivity index (χ1n) is 16.4. The number of nitrogens with two attached hydrogens (primary N) is 1. The molecule has 1 fully saturated rings. The van der Waals surface area contributed by atoms with Crippen LogP contribution in [0.15, 0.2) is 63.5 Å². The molecule has 4 aromatic rings. The minimum atomic E-state index is -0.507. The van der Waals surface area contributed by atoms with E-state index in [-0.39, 0.29) is 24.0 Å². The highest BCUT2D eigenvalue weighted by molar-refractivity contribution is 9.11. The molecule has 1 atom stereocenters. The third kappa shape index (κ3) is 8.19. The minimum absolute atomic E-state index is 0.0447. The highest BCUT2D eigenvalue weighted by Gasteiger charge is 2.32. The Kier molecular flexibility index (Phi) is 10.8. The Hall–Kier alpha value is -4.14. The van der Waals surface area contributed by atoms with E-state index in [1.165, 1.54) is 0 Å². The van der Waals surface area contributed by atoms with E-state index in [1.54, 1.807) is 12.1 Å². The Morgan fingerprint density at radius 2 is 1.80 bits per heavy atom. The van der Waals surface area contributed by atoms with Crippen LogP contribution in [0, 0.1) is 0 Å². The fourth-order valence-corrected chi connectivity index (χ4v) is 7.67. The number of imidazole rings is 1. The molecule has 0 bridgehead atoms. The molecule has 0 saturated carbocycles. The van der Waals surface area contributed by atoms with Gasteiger partial charge in [-0.1, -0.05) is 18.2 Å². The fraction of sp³-hybridized carbons (Fsp3) is 0.371. The molecule has 1 aromatic heterocycles. The number of hydrogen-bond donors (Lipinski definition) is 5. The summed E-state index contributed by atoms with van der Waals surface area (Å²) >= 11 is 7.08. The van der Waals surface area contributed by atoms with Crippen LogP contribution >= 0.6 is 31.9 Å². The average Bonchev–Trinajstić information content (AvgIpc) is 3.43. The first kappa shape index (κ1) is 34.7. The van der Waals surface area contributed by atoms with Gasteiger partial charge in [0.15, 0.2) is 0 Å². The van der Waals surface area contributed by atoms with Gasteiger partial charge in [0.1, 0.15) is 5.82 Å². The maximum Gasteiger partial charge on any atom is 0.322 e. The second-order valence-corrected chi connectivity index (χ2v) is 14.6. The molecule has 2 aliphatic heterocycles. The normalized spacial score (nSPS) is 15.9. The van der Waals surface area contributed by atoms with E-state index in [1.807, 2.05) is 65.2 Å². The molecule has 5 amide bonds. The van der Waals surface area contributed by atoms with Crippen LogP contribution in [-0.2, 0) is 12.8 Å². The summed E-state index contributed by atoms with van der Waals surface area (Å²) in [4.78, 5) is 53.7. The number of anilines is 2. The Labute approximate surface area is 302 Å². The lowest BCUT2D eigenvalue weighted by Crippen LogP contribution is -2.52. The zero-order chi connectivity index (χ0) is 34.7. The molecule has 14 heteroatoms. The smallest absolute Gasteiger partial charge is 0.322 e. The molecule has 3 aromatic carbocycles. The van der Waals surface area contributed by atoms with Gasteiger partial charge in [0.2, 0.25) is 0 Å². The van der Waals surface area contributed by atoms with Crippen molar-refractivity contribution < 1.29 is 14.4 Å². The van der Waals surface area contributed by atoms with Crippen LogP contribution < -0.4 is 21.7 Å². The molecule has 3 heterocycles. The first-order chi connectivity index (χ1) is 23.5. The number of likely N-dealkylation sites (tertiary alicyclic amines) is 1. The summed E-state index contributed by atoms with van der Waals surface area (Å²) in [5.41, 5.74) is 11.6. The van der Waals surface area contributed by atoms with Crippen molar-refractivity contribution in [3.63, 3.8) is 0 Å². The zero-order valence-corrected chi connectivity index (χ0v) is 30.7. The van der Waals surface area contributed by atoms with Crippen LogP contribution in [0.1, 0.15) is 46.2 Å². The number of urea groups is 2. The van der Waals surface area contributed by atoms with Crippen molar-refractivity contribution >= 4 is 72.2 Å². The molecule has 49 heavy (non-hydrogen) atoms. The minimum Gasteiger partial charge on any atom is -0.397 e. The maximum absolute atomic E-state index is 13.8. The van der Waals surface area contributed by atoms with Crippen molar-refractivity contribution in [3.05, 3.63) is 86.1 Å². The second kappa shape index (κ2) is 15.2. The van der Waals surface area contributed by atoms with Gasteiger partial charge in [-0.2, -0.15) is 0 Å². The predicted octanol–water partition coefficient (Wildman–Crippen LogP) is 5.51. The number of piperidine rings is 1. The van der Waals surface area contributed by atoms with E-state index >= 15 is 0 Å². The van der Waals surface area contributed by atoms with Gasteiger partial charge < -0.3 is 41.4 Å². The molecule has 0 unspecified atom stereocenters. The van der Waals surface area contributed by atoms with Crippen molar-refractivity contribution in [1.82, 2.24) is 35.3 Å². The number of amides is 5. The van der Waals surface area contributed by atoms with Gasteiger partial charge in [0.25, 0.3) is 5.91 Å². The summed E-state index contributed by atoms with van der Waals surface area (Å²) in [6.07, 6.45) is 2.59. The lowest BCUT2D eigenvalue weighted by molar-refractivity contribution is 0.0951. The molecule has 258 valence electrons. The van der Waals surface area contributed by atoms with E-state index in [9.17, 15) is 14.4 Å². The standard InChI is InChI=1S/C35H41Br2N9O3/c1-44(2)16-12-39-33(47)23-7-8-28-29(20-23)41-32(40-28)30(19-21-17-25(36)31(38)26(37)18-21)43-34(48)45-13-10-24(11-14-45)46-15-9-22-5-3-4-6-27(22)42-35(46)49/h3-8,17-18,20,24,30H,9-16,19,38H2,1-2H3,(H,39,47)(H,40,41)(H,42,49)(H,43,48)/t30-/m1/s1. The average molecular weight is 796 g/mol. The summed E-state index contributed by atoms with van der Waals surface area (Å²) in [6.45, 7) is 2.95. The number of nitrogens with zero attached hydrogens (tertiary/aromatic N) is 4. The number of halogens is 2. The number of H-pyrrole nitrogens is 1. The molecule has 1 saturated heterocycles. The van der Waals surface area contributed by atoms with E-state index < -0.39 is 6.04 Å². The van der Waals surface area contributed by atoms with E-state index in [0.29, 0.717) is 68.0 Å². The summed E-state index contributed by atoms with van der Waals surface area (Å²) in [5.74, 6) is 0.411. The van der Waals surface area contributed by atoms with Gasteiger partial charge in [0, 0.05) is 65.4 Å². The molecule has 6 rings (SSSR count).